The van der Waals surface area contributed by atoms with Gasteiger partial charge in [0.1, 0.15) is 0 Å². The number of hydrogen-bond acceptors (Lipinski definition) is 5. The molecule has 0 radical (unpaired) electrons. The van der Waals surface area contributed by atoms with Gasteiger partial charge in [-0.05, 0) is 13.8 Å². The third-order valence-corrected chi connectivity index (χ3v) is 1.16. The van der Waals surface area contributed by atoms with Crippen LogP contribution in [0.25, 0.3) is 0 Å². The van der Waals surface area contributed by atoms with Gasteiger partial charge >= 0.3 is 5.97 Å². The lowest BCUT2D eigenvalue weighted by Gasteiger charge is -2.15. The zero-order chi connectivity index (χ0) is 9.56. The molecule has 2 atom stereocenters. The Balaban J connectivity index is 4.08. The third-order valence-electron chi connectivity index (χ3n) is 1.16. The zero-order valence-corrected chi connectivity index (χ0v) is 7.02. The summed E-state index contributed by atoms with van der Waals surface area (Å²) >= 11 is 0. The number of esters is 1. The highest BCUT2D eigenvalue weighted by atomic mass is 16.6. The lowest BCUT2D eigenvalue weighted by Crippen LogP contribution is -2.35. The molecule has 0 heterocycles. The van der Waals surface area contributed by atoms with Gasteiger partial charge in [0.05, 0.1) is 12.7 Å². The fraction of sp³-hybridized carbons (Fsp3) is 0.714. The molecule has 0 aromatic carbocycles. The second-order valence-corrected chi connectivity index (χ2v) is 2.15. The Morgan fingerprint density at radius 1 is 1.67 bits per heavy atom. The molecule has 2 unspecified atom stereocenters. The van der Waals surface area contributed by atoms with Gasteiger partial charge in [0.2, 0.25) is 6.10 Å². The Labute approximate surface area is 70.3 Å². The smallest absolute Gasteiger partial charge is 0.350 e. The van der Waals surface area contributed by atoms with E-state index in [9.17, 15) is 9.59 Å². The molecule has 0 saturated carbocycles. The first-order valence-electron chi connectivity index (χ1n) is 3.57. The molecule has 12 heavy (non-hydrogen) atoms. The lowest BCUT2D eigenvalue weighted by molar-refractivity contribution is -0.167. The Kier molecular flexibility index (Phi) is 5.03. The molecule has 0 amide bonds. The van der Waals surface area contributed by atoms with Gasteiger partial charge in [0.25, 0.3) is 6.47 Å². The third kappa shape index (κ3) is 3.34. The molecule has 5 heteroatoms. The fourth-order valence-corrected chi connectivity index (χ4v) is 0.650. The van der Waals surface area contributed by atoms with Crippen molar-refractivity contribution in [2.75, 3.05) is 6.61 Å². The monoisotopic (exact) mass is 176 g/mol. The van der Waals surface area contributed by atoms with Crippen LogP contribution in [0.2, 0.25) is 0 Å². The highest BCUT2D eigenvalue weighted by Crippen LogP contribution is 2.00. The van der Waals surface area contributed by atoms with Crippen LogP contribution in [0.4, 0.5) is 0 Å². The van der Waals surface area contributed by atoms with Crippen molar-refractivity contribution < 1.29 is 24.2 Å². The molecule has 0 aromatic rings. The van der Waals surface area contributed by atoms with E-state index in [1.807, 2.05) is 0 Å². The topological polar surface area (TPSA) is 72.8 Å². The molecule has 0 aliphatic rings. The van der Waals surface area contributed by atoms with Crippen LogP contribution in [0.15, 0.2) is 0 Å². The summed E-state index contributed by atoms with van der Waals surface area (Å²) in [5.41, 5.74) is 0. The van der Waals surface area contributed by atoms with E-state index >= 15 is 0 Å². The van der Waals surface area contributed by atoms with Gasteiger partial charge in [-0.1, -0.05) is 0 Å². The van der Waals surface area contributed by atoms with Crippen molar-refractivity contribution in [2.24, 2.45) is 0 Å². The van der Waals surface area contributed by atoms with E-state index in [2.05, 4.69) is 9.47 Å². The van der Waals surface area contributed by atoms with E-state index in [-0.39, 0.29) is 13.1 Å². The summed E-state index contributed by atoms with van der Waals surface area (Å²) in [5.74, 6) is -0.736. The molecular weight excluding hydrogens is 164 g/mol. The van der Waals surface area contributed by atoms with Gasteiger partial charge in [-0.2, -0.15) is 0 Å². The van der Waals surface area contributed by atoms with Crippen LogP contribution >= 0.6 is 0 Å². The highest BCUT2D eigenvalue weighted by molar-refractivity contribution is 5.76. The Morgan fingerprint density at radius 3 is 2.58 bits per heavy atom. The molecule has 0 aliphatic heterocycles. The summed E-state index contributed by atoms with van der Waals surface area (Å²) in [7, 11) is 0. The number of carbonyl (C=O) groups excluding carboxylic acids is 2. The van der Waals surface area contributed by atoms with Crippen molar-refractivity contribution in [2.45, 2.75) is 26.1 Å². The van der Waals surface area contributed by atoms with Crippen molar-refractivity contribution in [3.05, 3.63) is 0 Å². The minimum atomic E-state index is -1.22. The van der Waals surface area contributed by atoms with Gasteiger partial charge in [-0.3, -0.25) is 4.79 Å². The van der Waals surface area contributed by atoms with Crippen molar-refractivity contribution in [1.29, 1.82) is 0 Å². The predicted octanol–water partition coefficient (Wildman–Crippen LogP) is -0.528. The molecular formula is C7H12O5. The van der Waals surface area contributed by atoms with Crippen molar-refractivity contribution in [3.8, 4) is 0 Å². The largest absolute Gasteiger partial charge is 0.463 e. The normalized spacial score (nSPS) is 14.6. The van der Waals surface area contributed by atoms with E-state index in [1.54, 1.807) is 6.92 Å². The summed E-state index contributed by atoms with van der Waals surface area (Å²) < 4.78 is 8.85. The summed E-state index contributed by atoms with van der Waals surface area (Å²) in [6.45, 7) is 3.25. The molecule has 0 aromatic heterocycles. The zero-order valence-electron chi connectivity index (χ0n) is 7.02. The van der Waals surface area contributed by atoms with Gasteiger partial charge in [-0.25, -0.2) is 4.79 Å². The summed E-state index contributed by atoms with van der Waals surface area (Å²) in [6, 6.07) is 0. The standard InChI is InChI=1S/C7H12O5/c1-3-11-7(10)6(5(2)9)12-4-8/h4-6,9H,3H2,1-2H3. The molecule has 0 bridgehead atoms. The number of aliphatic hydroxyl groups excluding tert-OH is 1. The van der Waals surface area contributed by atoms with E-state index in [4.69, 9.17) is 5.11 Å². The maximum absolute atomic E-state index is 10.9. The average molecular weight is 176 g/mol. The van der Waals surface area contributed by atoms with Crippen LogP contribution in [0.1, 0.15) is 13.8 Å². The van der Waals surface area contributed by atoms with E-state index in [0.717, 1.165) is 0 Å². The van der Waals surface area contributed by atoms with E-state index < -0.39 is 18.2 Å². The van der Waals surface area contributed by atoms with Crippen LogP contribution in [-0.4, -0.2) is 36.4 Å². The second kappa shape index (κ2) is 5.54. The minimum absolute atomic E-state index is 0.105. The first-order chi connectivity index (χ1) is 5.63. The minimum Gasteiger partial charge on any atom is -0.463 e. The number of rotatable bonds is 5. The average Bonchev–Trinajstić information content (AvgIpc) is 1.99. The second-order valence-electron chi connectivity index (χ2n) is 2.15. The van der Waals surface area contributed by atoms with Crippen LogP contribution in [0, 0.1) is 0 Å². The predicted molar refractivity (Wildman–Crippen MR) is 39.3 cm³/mol. The number of aliphatic hydroxyl groups is 1. The molecule has 5 nitrogen and oxygen atoms in total. The molecule has 0 fully saturated rings. The number of ether oxygens (including phenoxy) is 2. The van der Waals surface area contributed by atoms with Crippen LogP contribution in [0.3, 0.4) is 0 Å². The molecule has 0 saturated heterocycles. The SMILES string of the molecule is CCOC(=O)C(OC=O)C(C)O. The van der Waals surface area contributed by atoms with Crippen LogP contribution in [-0.2, 0) is 19.1 Å². The molecule has 0 aliphatic carbocycles. The van der Waals surface area contributed by atoms with Crippen LogP contribution in [0.5, 0.6) is 0 Å². The van der Waals surface area contributed by atoms with Gasteiger partial charge in [0.15, 0.2) is 0 Å². The number of hydrogen-bond donors (Lipinski definition) is 1. The van der Waals surface area contributed by atoms with Gasteiger partial charge < -0.3 is 14.6 Å². The molecule has 70 valence electrons. The maximum atomic E-state index is 10.9. The highest BCUT2D eigenvalue weighted by Gasteiger charge is 2.26. The van der Waals surface area contributed by atoms with Crippen molar-refractivity contribution >= 4 is 12.4 Å². The lowest BCUT2D eigenvalue weighted by atomic mass is 10.2. The van der Waals surface area contributed by atoms with Crippen molar-refractivity contribution in [3.63, 3.8) is 0 Å². The van der Waals surface area contributed by atoms with Crippen LogP contribution < -0.4 is 0 Å². The molecule has 0 spiro atoms. The molecule has 1 N–H and O–H groups in total. The Hall–Kier alpha value is -1.10. The first-order valence-corrected chi connectivity index (χ1v) is 3.57. The molecule has 0 rings (SSSR count). The maximum Gasteiger partial charge on any atom is 0.350 e. The summed E-state index contributed by atoms with van der Waals surface area (Å²) in [6.07, 6.45) is -2.28. The van der Waals surface area contributed by atoms with E-state index in [1.165, 1.54) is 6.92 Å². The van der Waals surface area contributed by atoms with Gasteiger partial charge in [0, 0.05) is 0 Å². The number of carbonyl (C=O) groups is 2. The Morgan fingerprint density at radius 2 is 2.25 bits per heavy atom. The summed E-state index contributed by atoms with van der Waals surface area (Å²) in [5, 5.41) is 8.96. The summed E-state index contributed by atoms with van der Waals surface area (Å²) in [4.78, 5) is 20.8. The first kappa shape index (κ1) is 10.9. The fourth-order valence-electron chi connectivity index (χ4n) is 0.650. The van der Waals surface area contributed by atoms with Gasteiger partial charge in [-0.15, -0.1) is 0 Å². The quantitative estimate of drug-likeness (QED) is 0.450. The van der Waals surface area contributed by atoms with E-state index in [0.29, 0.717) is 0 Å². The Bertz CT molecular complexity index is 154. The van der Waals surface area contributed by atoms with Crippen molar-refractivity contribution in [1.82, 2.24) is 0 Å².